The average Bonchev–Trinajstić information content (AvgIpc) is 2.59. The van der Waals surface area contributed by atoms with Gasteiger partial charge >= 0.3 is 0 Å². The number of allylic oxidation sites excluding steroid dienone is 2. The maximum atomic E-state index is 12.0. The van der Waals surface area contributed by atoms with Gasteiger partial charge in [-0.3, -0.25) is 4.79 Å². The molecule has 0 fully saturated rings. The standard InChI is InChI=1S/C22H25NO/c1-5-9-22(18(4)24)23(6-2)16-20-10-7-8-11-21(20)19-14-12-17(3)13-15-19/h6-15H,2,5,16H2,1,3-4H3/b22-9-. The van der Waals surface area contributed by atoms with Gasteiger partial charge in [0.2, 0.25) is 0 Å². The van der Waals surface area contributed by atoms with Gasteiger partial charge in [0.25, 0.3) is 0 Å². The lowest BCUT2D eigenvalue weighted by Gasteiger charge is -2.23. The summed E-state index contributed by atoms with van der Waals surface area (Å²) in [7, 11) is 0. The Labute approximate surface area is 145 Å². The minimum Gasteiger partial charge on any atom is -0.342 e. The summed E-state index contributed by atoms with van der Waals surface area (Å²) in [6, 6.07) is 16.8. The van der Waals surface area contributed by atoms with Crippen molar-refractivity contribution in [2.24, 2.45) is 0 Å². The van der Waals surface area contributed by atoms with E-state index >= 15 is 0 Å². The summed E-state index contributed by atoms with van der Waals surface area (Å²) in [5.41, 5.74) is 5.48. The van der Waals surface area contributed by atoms with E-state index in [1.165, 1.54) is 22.3 Å². The lowest BCUT2D eigenvalue weighted by atomic mass is 9.98. The molecular formula is C22H25NO. The summed E-state index contributed by atoms with van der Waals surface area (Å²) in [6.45, 7) is 10.2. The van der Waals surface area contributed by atoms with E-state index in [2.05, 4.69) is 49.9 Å². The van der Waals surface area contributed by atoms with E-state index < -0.39 is 0 Å². The van der Waals surface area contributed by atoms with Crippen LogP contribution in [0.4, 0.5) is 0 Å². The van der Waals surface area contributed by atoms with Crippen molar-refractivity contribution in [3.05, 3.63) is 84.2 Å². The van der Waals surface area contributed by atoms with Crippen molar-refractivity contribution < 1.29 is 4.79 Å². The van der Waals surface area contributed by atoms with Crippen molar-refractivity contribution >= 4 is 5.78 Å². The Kier molecular flexibility index (Phi) is 6.14. The van der Waals surface area contributed by atoms with Crippen LogP contribution in [0.1, 0.15) is 31.4 Å². The minimum absolute atomic E-state index is 0.0598. The zero-order valence-corrected chi connectivity index (χ0v) is 14.8. The third-order valence-electron chi connectivity index (χ3n) is 4.01. The number of aryl methyl sites for hydroxylation is 1. The first-order valence-corrected chi connectivity index (χ1v) is 8.32. The van der Waals surface area contributed by atoms with Crippen molar-refractivity contribution in [3.8, 4) is 11.1 Å². The van der Waals surface area contributed by atoms with E-state index in [0.29, 0.717) is 12.2 Å². The molecule has 0 aliphatic rings. The molecule has 2 aromatic carbocycles. The summed E-state index contributed by atoms with van der Waals surface area (Å²) in [4.78, 5) is 13.9. The second-order valence-electron chi connectivity index (χ2n) is 5.89. The second kappa shape index (κ2) is 8.30. The van der Waals surface area contributed by atoms with Gasteiger partial charge in [-0.25, -0.2) is 0 Å². The molecule has 0 aromatic heterocycles. The van der Waals surface area contributed by atoms with E-state index in [1.54, 1.807) is 13.1 Å². The number of ketones is 1. The molecular weight excluding hydrogens is 294 g/mol. The monoisotopic (exact) mass is 319 g/mol. The van der Waals surface area contributed by atoms with Gasteiger partial charge < -0.3 is 4.90 Å². The Morgan fingerprint density at radius 1 is 1.12 bits per heavy atom. The lowest BCUT2D eigenvalue weighted by Crippen LogP contribution is -2.21. The SMILES string of the molecule is C=CN(Cc1ccccc1-c1ccc(C)cc1)/C(=C\CC)C(C)=O. The van der Waals surface area contributed by atoms with Crippen LogP contribution in [-0.2, 0) is 11.3 Å². The average molecular weight is 319 g/mol. The summed E-state index contributed by atoms with van der Waals surface area (Å²) in [6.07, 6.45) is 4.51. The molecule has 124 valence electrons. The first-order valence-electron chi connectivity index (χ1n) is 8.32. The van der Waals surface area contributed by atoms with Crippen molar-refractivity contribution in [3.63, 3.8) is 0 Å². The predicted molar refractivity (Wildman–Crippen MR) is 101 cm³/mol. The van der Waals surface area contributed by atoms with Crippen LogP contribution in [-0.4, -0.2) is 10.7 Å². The highest BCUT2D eigenvalue weighted by Gasteiger charge is 2.13. The van der Waals surface area contributed by atoms with E-state index in [-0.39, 0.29) is 5.78 Å². The molecule has 2 nitrogen and oxygen atoms in total. The molecule has 0 bridgehead atoms. The quantitative estimate of drug-likeness (QED) is 0.629. The summed E-state index contributed by atoms with van der Waals surface area (Å²) in [5.74, 6) is 0.0598. The van der Waals surface area contributed by atoms with Crippen LogP contribution < -0.4 is 0 Å². The minimum atomic E-state index is 0.0598. The third-order valence-corrected chi connectivity index (χ3v) is 4.01. The van der Waals surface area contributed by atoms with Crippen LogP contribution in [0.25, 0.3) is 11.1 Å². The fourth-order valence-electron chi connectivity index (χ4n) is 2.76. The van der Waals surface area contributed by atoms with Crippen LogP contribution in [0.2, 0.25) is 0 Å². The van der Waals surface area contributed by atoms with Crippen molar-refractivity contribution in [2.45, 2.75) is 33.7 Å². The Hall–Kier alpha value is -2.61. The Balaban J connectivity index is 2.38. The third kappa shape index (κ3) is 4.23. The molecule has 0 aliphatic carbocycles. The second-order valence-corrected chi connectivity index (χ2v) is 5.89. The molecule has 2 heteroatoms. The van der Waals surface area contributed by atoms with Gasteiger partial charge in [0.15, 0.2) is 5.78 Å². The first kappa shape index (κ1) is 17.7. The number of carbonyl (C=O) groups excluding carboxylic acids is 1. The highest BCUT2D eigenvalue weighted by molar-refractivity contribution is 5.92. The number of Topliss-reactive ketones (excluding diaryl/α,β-unsaturated/α-hetero) is 1. The molecule has 0 unspecified atom stereocenters. The number of benzene rings is 2. The summed E-state index contributed by atoms with van der Waals surface area (Å²) in [5, 5.41) is 0. The zero-order chi connectivity index (χ0) is 17.5. The molecule has 0 spiro atoms. The Morgan fingerprint density at radius 2 is 1.79 bits per heavy atom. The lowest BCUT2D eigenvalue weighted by molar-refractivity contribution is -0.114. The fourth-order valence-corrected chi connectivity index (χ4v) is 2.76. The first-order chi connectivity index (χ1) is 11.6. The van der Waals surface area contributed by atoms with E-state index in [9.17, 15) is 4.79 Å². The van der Waals surface area contributed by atoms with E-state index in [1.807, 2.05) is 30.0 Å². The molecule has 0 heterocycles. The van der Waals surface area contributed by atoms with Crippen LogP contribution in [0.3, 0.4) is 0 Å². The number of rotatable bonds is 7. The van der Waals surface area contributed by atoms with Gasteiger partial charge in [-0.05, 0) is 36.2 Å². The number of carbonyl (C=O) groups is 1. The molecule has 0 radical (unpaired) electrons. The van der Waals surface area contributed by atoms with E-state index in [0.717, 1.165) is 6.42 Å². The Morgan fingerprint density at radius 3 is 2.38 bits per heavy atom. The van der Waals surface area contributed by atoms with Crippen LogP contribution in [0.15, 0.2) is 73.1 Å². The predicted octanol–water partition coefficient (Wildman–Crippen LogP) is 5.49. The largest absolute Gasteiger partial charge is 0.342 e. The molecule has 0 aliphatic heterocycles. The van der Waals surface area contributed by atoms with Crippen molar-refractivity contribution in [1.82, 2.24) is 4.90 Å². The van der Waals surface area contributed by atoms with Gasteiger partial charge in [0.05, 0.1) is 5.70 Å². The maximum Gasteiger partial charge on any atom is 0.175 e. The van der Waals surface area contributed by atoms with Crippen LogP contribution in [0, 0.1) is 6.92 Å². The topological polar surface area (TPSA) is 20.3 Å². The number of nitrogens with zero attached hydrogens (tertiary/aromatic N) is 1. The molecule has 0 amide bonds. The zero-order valence-electron chi connectivity index (χ0n) is 14.8. The van der Waals surface area contributed by atoms with Gasteiger partial charge in [-0.2, -0.15) is 0 Å². The molecule has 0 saturated carbocycles. The van der Waals surface area contributed by atoms with E-state index in [4.69, 9.17) is 0 Å². The van der Waals surface area contributed by atoms with Crippen LogP contribution in [0.5, 0.6) is 0 Å². The summed E-state index contributed by atoms with van der Waals surface area (Å²) < 4.78 is 0. The highest BCUT2D eigenvalue weighted by atomic mass is 16.1. The highest BCUT2D eigenvalue weighted by Crippen LogP contribution is 2.26. The fraction of sp³-hybridized carbons (Fsp3) is 0.227. The van der Waals surface area contributed by atoms with Crippen LogP contribution >= 0.6 is 0 Å². The van der Waals surface area contributed by atoms with Gasteiger partial charge in [-0.15, -0.1) is 0 Å². The number of hydrogen-bond donors (Lipinski definition) is 0. The smallest absolute Gasteiger partial charge is 0.175 e. The summed E-state index contributed by atoms with van der Waals surface area (Å²) >= 11 is 0. The molecule has 0 N–H and O–H groups in total. The molecule has 2 rings (SSSR count). The molecule has 2 aromatic rings. The molecule has 24 heavy (non-hydrogen) atoms. The Bertz CT molecular complexity index is 741. The normalized spacial score (nSPS) is 11.2. The number of hydrogen-bond acceptors (Lipinski definition) is 2. The van der Waals surface area contributed by atoms with Gasteiger partial charge in [0.1, 0.15) is 0 Å². The van der Waals surface area contributed by atoms with Crippen molar-refractivity contribution in [1.29, 1.82) is 0 Å². The van der Waals surface area contributed by atoms with Gasteiger partial charge in [0, 0.05) is 13.5 Å². The van der Waals surface area contributed by atoms with Crippen molar-refractivity contribution in [2.75, 3.05) is 0 Å². The molecule has 0 saturated heterocycles. The molecule has 0 atom stereocenters. The van der Waals surface area contributed by atoms with Gasteiger partial charge in [-0.1, -0.05) is 73.7 Å². The maximum absolute atomic E-state index is 12.0.